The molecule has 2 rings (SSSR count). The molecule has 0 unspecified atom stereocenters. The van der Waals surface area contributed by atoms with E-state index < -0.39 is 0 Å². The third-order valence-corrected chi connectivity index (χ3v) is 3.21. The van der Waals surface area contributed by atoms with Crippen LogP contribution in [0.1, 0.15) is 10.4 Å². The minimum Gasteiger partial charge on any atom is -0.497 e. The Kier molecular flexibility index (Phi) is 3.89. The molecule has 94 valence electrons. The van der Waals surface area contributed by atoms with Crippen molar-refractivity contribution >= 4 is 29.0 Å². The highest BCUT2D eigenvalue weighted by Gasteiger charge is 2.12. The second kappa shape index (κ2) is 5.42. The lowest BCUT2D eigenvalue weighted by Gasteiger charge is -2.04. The van der Waals surface area contributed by atoms with Gasteiger partial charge < -0.3 is 4.74 Å². The molecule has 1 heterocycles. The predicted octanol–water partition coefficient (Wildman–Crippen LogP) is 3.08. The maximum absolute atomic E-state index is 12.0. The number of halogens is 2. The zero-order valence-corrected chi connectivity index (χ0v) is 11.1. The Balaban J connectivity index is 2.14. The molecule has 0 saturated heterocycles. The summed E-state index contributed by atoms with van der Waals surface area (Å²) < 4.78 is 6.38. The van der Waals surface area contributed by atoms with Gasteiger partial charge in [-0.1, -0.05) is 23.2 Å². The molecule has 4 nitrogen and oxygen atoms in total. The van der Waals surface area contributed by atoms with E-state index in [9.17, 15) is 4.79 Å². The molecule has 0 aliphatic heterocycles. The first-order valence-electron chi connectivity index (χ1n) is 5.16. The maximum atomic E-state index is 12.0. The van der Waals surface area contributed by atoms with Gasteiger partial charge in [0, 0.05) is 5.56 Å². The predicted molar refractivity (Wildman–Crippen MR) is 69.6 cm³/mol. The summed E-state index contributed by atoms with van der Waals surface area (Å²) >= 11 is 11.6. The van der Waals surface area contributed by atoms with E-state index >= 15 is 0 Å². The van der Waals surface area contributed by atoms with Gasteiger partial charge in [0.1, 0.15) is 17.4 Å². The van der Waals surface area contributed by atoms with Crippen molar-refractivity contribution in [3.05, 3.63) is 46.2 Å². The van der Waals surface area contributed by atoms with Crippen LogP contribution >= 0.6 is 23.2 Å². The summed E-state index contributed by atoms with van der Waals surface area (Å²) in [6, 6.07) is 6.84. The summed E-state index contributed by atoms with van der Waals surface area (Å²) in [5.41, 5.74) is 0.568. The monoisotopic (exact) mass is 284 g/mol. The van der Waals surface area contributed by atoms with Gasteiger partial charge in [-0.2, -0.15) is 5.10 Å². The van der Waals surface area contributed by atoms with Gasteiger partial charge in [-0.05, 0) is 24.3 Å². The van der Waals surface area contributed by atoms with Gasteiger partial charge in [0.25, 0.3) is 0 Å². The van der Waals surface area contributed by atoms with Gasteiger partial charge >= 0.3 is 0 Å². The van der Waals surface area contributed by atoms with E-state index in [4.69, 9.17) is 27.9 Å². The number of methoxy groups -OCH3 is 1. The first-order chi connectivity index (χ1) is 8.61. The highest BCUT2D eigenvalue weighted by atomic mass is 35.5. The fourth-order valence-corrected chi connectivity index (χ4v) is 1.76. The van der Waals surface area contributed by atoms with Gasteiger partial charge in [-0.3, -0.25) is 4.79 Å². The number of benzene rings is 1. The van der Waals surface area contributed by atoms with Crippen LogP contribution in [-0.2, 0) is 6.54 Å². The van der Waals surface area contributed by atoms with E-state index in [0.29, 0.717) is 16.3 Å². The van der Waals surface area contributed by atoms with Crippen molar-refractivity contribution in [3.63, 3.8) is 0 Å². The Hall–Kier alpha value is -1.52. The molecule has 1 aromatic carbocycles. The lowest BCUT2D eigenvalue weighted by molar-refractivity contribution is 0.0968. The number of nitrogens with zero attached hydrogens (tertiary/aromatic N) is 2. The van der Waals surface area contributed by atoms with E-state index in [1.54, 1.807) is 31.4 Å². The molecule has 0 atom stereocenters. The number of ketones is 1. The third-order valence-electron chi connectivity index (χ3n) is 2.44. The summed E-state index contributed by atoms with van der Waals surface area (Å²) in [5, 5.41) is 4.52. The summed E-state index contributed by atoms with van der Waals surface area (Å²) in [4.78, 5) is 12.0. The average Bonchev–Trinajstić information content (AvgIpc) is 2.71. The van der Waals surface area contributed by atoms with Crippen molar-refractivity contribution in [2.45, 2.75) is 6.54 Å². The molecule has 0 aliphatic carbocycles. The molecule has 0 aliphatic rings. The molecule has 0 saturated carbocycles. The summed E-state index contributed by atoms with van der Waals surface area (Å²) in [5.74, 6) is 0.603. The third kappa shape index (κ3) is 2.66. The number of carbonyl (C=O) groups is 1. The minimum absolute atomic E-state index is 0.0535. The Morgan fingerprint density at radius 2 is 2.00 bits per heavy atom. The fourth-order valence-electron chi connectivity index (χ4n) is 1.46. The lowest BCUT2D eigenvalue weighted by Crippen LogP contribution is -2.11. The van der Waals surface area contributed by atoms with Gasteiger partial charge in [-0.15, -0.1) is 0 Å². The van der Waals surface area contributed by atoms with Crippen LogP contribution in [0.5, 0.6) is 5.75 Å². The number of aromatic nitrogens is 2. The fraction of sp³-hybridized carbons (Fsp3) is 0.167. The van der Waals surface area contributed by atoms with Crippen molar-refractivity contribution in [2.24, 2.45) is 0 Å². The van der Waals surface area contributed by atoms with Crippen LogP contribution in [0.3, 0.4) is 0 Å². The zero-order chi connectivity index (χ0) is 13.1. The van der Waals surface area contributed by atoms with E-state index in [-0.39, 0.29) is 17.5 Å². The van der Waals surface area contributed by atoms with Crippen molar-refractivity contribution < 1.29 is 9.53 Å². The van der Waals surface area contributed by atoms with E-state index in [1.807, 2.05) is 0 Å². The molecule has 0 spiro atoms. The number of hydrogen-bond donors (Lipinski definition) is 0. The standard InChI is InChI=1S/C12H10Cl2N2O2/c1-18-9-4-2-8(3-5-9)11(17)7-16-12(14)10(13)6-15-16/h2-6H,7H2,1H3. The molecule has 0 radical (unpaired) electrons. The maximum Gasteiger partial charge on any atom is 0.184 e. The highest BCUT2D eigenvalue weighted by Crippen LogP contribution is 2.21. The topological polar surface area (TPSA) is 44.1 Å². The normalized spacial score (nSPS) is 10.4. The van der Waals surface area contributed by atoms with Crippen LogP contribution in [0.4, 0.5) is 0 Å². The van der Waals surface area contributed by atoms with Crippen LogP contribution < -0.4 is 4.74 Å². The first-order valence-corrected chi connectivity index (χ1v) is 5.91. The molecule has 0 fully saturated rings. The first kappa shape index (κ1) is 12.9. The summed E-state index contributed by atoms with van der Waals surface area (Å²) in [7, 11) is 1.57. The van der Waals surface area contributed by atoms with Crippen molar-refractivity contribution in [1.82, 2.24) is 9.78 Å². The van der Waals surface area contributed by atoms with Gasteiger partial charge in [0.05, 0.1) is 18.3 Å². The smallest absolute Gasteiger partial charge is 0.184 e. The second-order valence-electron chi connectivity index (χ2n) is 3.59. The SMILES string of the molecule is COc1ccc(C(=O)Cn2ncc(Cl)c2Cl)cc1. The van der Waals surface area contributed by atoms with Crippen molar-refractivity contribution in [1.29, 1.82) is 0 Å². The molecular formula is C12H10Cl2N2O2. The Morgan fingerprint density at radius 3 is 2.50 bits per heavy atom. The second-order valence-corrected chi connectivity index (χ2v) is 4.36. The van der Waals surface area contributed by atoms with Gasteiger partial charge in [-0.25, -0.2) is 4.68 Å². The van der Waals surface area contributed by atoms with Crippen LogP contribution in [0.2, 0.25) is 10.2 Å². The Labute approximate surface area is 114 Å². The molecular weight excluding hydrogens is 275 g/mol. The Morgan fingerprint density at radius 1 is 1.33 bits per heavy atom. The average molecular weight is 285 g/mol. The molecule has 18 heavy (non-hydrogen) atoms. The van der Waals surface area contributed by atoms with Crippen LogP contribution in [-0.4, -0.2) is 22.7 Å². The van der Waals surface area contributed by atoms with Crippen LogP contribution in [0.25, 0.3) is 0 Å². The highest BCUT2D eigenvalue weighted by molar-refractivity contribution is 6.41. The number of Topliss-reactive ketones (excluding diaryl/α,β-unsaturated/α-hetero) is 1. The molecule has 1 aromatic heterocycles. The number of carbonyl (C=O) groups excluding carboxylic acids is 1. The van der Waals surface area contributed by atoms with Crippen molar-refractivity contribution in [2.75, 3.05) is 7.11 Å². The van der Waals surface area contributed by atoms with E-state index in [0.717, 1.165) is 0 Å². The minimum atomic E-state index is -0.0979. The molecule has 0 amide bonds. The van der Waals surface area contributed by atoms with Crippen LogP contribution in [0, 0.1) is 0 Å². The van der Waals surface area contributed by atoms with Gasteiger partial charge in [0.15, 0.2) is 5.78 Å². The number of hydrogen-bond acceptors (Lipinski definition) is 3. The lowest BCUT2D eigenvalue weighted by atomic mass is 10.1. The number of ether oxygens (including phenoxy) is 1. The van der Waals surface area contributed by atoms with E-state index in [1.165, 1.54) is 10.9 Å². The quantitative estimate of drug-likeness (QED) is 0.811. The summed E-state index contributed by atoms with van der Waals surface area (Å²) in [6.07, 6.45) is 1.41. The van der Waals surface area contributed by atoms with Gasteiger partial charge in [0.2, 0.25) is 0 Å². The zero-order valence-electron chi connectivity index (χ0n) is 9.56. The molecule has 2 aromatic rings. The molecule has 0 N–H and O–H groups in total. The molecule has 6 heteroatoms. The van der Waals surface area contributed by atoms with Crippen LogP contribution in [0.15, 0.2) is 30.5 Å². The molecule has 0 bridgehead atoms. The Bertz CT molecular complexity index is 564. The van der Waals surface area contributed by atoms with E-state index in [2.05, 4.69) is 5.10 Å². The largest absolute Gasteiger partial charge is 0.497 e. The van der Waals surface area contributed by atoms with Crippen molar-refractivity contribution in [3.8, 4) is 5.75 Å². The summed E-state index contributed by atoms with van der Waals surface area (Å²) in [6.45, 7) is 0.0535. The number of rotatable bonds is 4.